The third-order valence-corrected chi connectivity index (χ3v) is 4.02. The minimum atomic E-state index is -0.733. The van der Waals surface area contributed by atoms with Gasteiger partial charge in [0.15, 0.2) is 0 Å². The van der Waals surface area contributed by atoms with Crippen LogP contribution >= 0.6 is 0 Å². The van der Waals surface area contributed by atoms with Crippen molar-refractivity contribution in [1.29, 1.82) is 0 Å². The maximum Gasteiger partial charge on any atom is 0.306 e. The SMILES string of the molecule is O=C(CC1CCCNC1)NC1CCC(C(=O)O)C1. The van der Waals surface area contributed by atoms with E-state index < -0.39 is 5.97 Å². The Kier molecular flexibility index (Phi) is 4.58. The fraction of sp³-hybridized carbons (Fsp3) is 0.846. The van der Waals surface area contributed by atoms with E-state index in [9.17, 15) is 9.59 Å². The molecule has 5 nitrogen and oxygen atoms in total. The summed E-state index contributed by atoms with van der Waals surface area (Å²) in [6.45, 7) is 1.98. The van der Waals surface area contributed by atoms with Crippen molar-refractivity contribution < 1.29 is 14.7 Å². The molecule has 2 fully saturated rings. The molecule has 0 aromatic rings. The smallest absolute Gasteiger partial charge is 0.306 e. The number of amides is 1. The highest BCUT2D eigenvalue weighted by molar-refractivity contribution is 5.77. The predicted octanol–water partition coefficient (Wildman–Crippen LogP) is 0.746. The van der Waals surface area contributed by atoms with Crippen LogP contribution in [0.25, 0.3) is 0 Å². The second kappa shape index (κ2) is 6.18. The molecule has 0 bridgehead atoms. The highest BCUT2D eigenvalue weighted by Crippen LogP contribution is 2.26. The van der Waals surface area contributed by atoms with Crippen LogP contribution in [0.2, 0.25) is 0 Å². The van der Waals surface area contributed by atoms with Crippen molar-refractivity contribution in [3.05, 3.63) is 0 Å². The van der Waals surface area contributed by atoms with Gasteiger partial charge < -0.3 is 15.7 Å². The molecule has 3 N–H and O–H groups in total. The van der Waals surface area contributed by atoms with E-state index >= 15 is 0 Å². The molecule has 102 valence electrons. The van der Waals surface area contributed by atoms with Gasteiger partial charge >= 0.3 is 5.97 Å². The molecule has 3 unspecified atom stereocenters. The van der Waals surface area contributed by atoms with Gasteiger partial charge in [0, 0.05) is 12.5 Å². The van der Waals surface area contributed by atoms with Gasteiger partial charge in [0.25, 0.3) is 0 Å². The molecule has 18 heavy (non-hydrogen) atoms. The van der Waals surface area contributed by atoms with Crippen LogP contribution < -0.4 is 10.6 Å². The number of hydrogen-bond acceptors (Lipinski definition) is 3. The van der Waals surface area contributed by atoms with Gasteiger partial charge in [-0.05, 0) is 51.1 Å². The normalized spacial score (nSPS) is 32.1. The predicted molar refractivity (Wildman–Crippen MR) is 67.1 cm³/mol. The third kappa shape index (κ3) is 3.70. The van der Waals surface area contributed by atoms with E-state index in [1.165, 1.54) is 0 Å². The standard InChI is InChI=1S/C13H22N2O3/c16-12(6-9-2-1-5-14-8-9)15-11-4-3-10(7-11)13(17)18/h9-11,14H,1-8H2,(H,15,16)(H,17,18). The van der Waals surface area contributed by atoms with Crippen molar-refractivity contribution in [3.63, 3.8) is 0 Å². The maximum atomic E-state index is 11.9. The van der Waals surface area contributed by atoms with Gasteiger partial charge in [-0.2, -0.15) is 0 Å². The van der Waals surface area contributed by atoms with Crippen LogP contribution in [-0.2, 0) is 9.59 Å². The summed E-state index contributed by atoms with van der Waals surface area (Å²) in [6.07, 6.45) is 4.90. The van der Waals surface area contributed by atoms with Crippen LogP contribution in [0.4, 0.5) is 0 Å². The summed E-state index contributed by atoms with van der Waals surface area (Å²) in [6, 6.07) is 0.0650. The Labute approximate surface area is 107 Å². The summed E-state index contributed by atoms with van der Waals surface area (Å²) in [5, 5.41) is 15.2. The van der Waals surface area contributed by atoms with Crippen LogP contribution in [0, 0.1) is 11.8 Å². The number of carboxylic acid groups (broad SMARTS) is 1. The monoisotopic (exact) mass is 254 g/mol. The van der Waals surface area contributed by atoms with Crippen molar-refractivity contribution in [3.8, 4) is 0 Å². The van der Waals surface area contributed by atoms with Crippen molar-refractivity contribution in [2.24, 2.45) is 11.8 Å². The summed E-state index contributed by atoms with van der Waals surface area (Å²) in [7, 11) is 0. The van der Waals surface area contributed by atoms with Gasteiger partial charge in [-0.25, -0.2) is 0 Å². The van der Waals surface area contributed by atoms with Gasteiger partial charge in [-0.1, -0.05) is 0 Å². The Morgan fingerprint density at radius 3 is 2.72 bits per heavy atom. The van der Waals surface area contributed by atoms with Crippen LogP contribution in [0.3, 0.4) is 0 Å². The third-order valence-electron chi connectivity index (χ3n) is 4.02. The molecule has 2 rings (SSSR count). The van der Waals surface area contributed by atoms with Gasteiger partial charge in [0.1, 0.15) is 0 Å². The summed E-state index contributed by atoms with van der Waals surface area (Å²) >= 11 is 0. The topological polar surface area (TPSA) is 78.4 Å². The lowest BCUT2D eigenvalue weighted by atomic mass is 9.96. The Balaban J connectivity index is 1.69. The second-order valence-electron chi connectivity index (χ2n) is 5.53. The van der Waals surface area contributed by atoms with E-state index in [2.05, 4.69) is 10.6 Å². The minimum absolute atomic E-state index is 0.0650. The number of aliphatic carboxylic acids is 1. The zero-order valence-corrected chi connectivity index (χ0v) is 10.7. The maximum absolute atomic E-state index is 11.9. The molecular formula is C13H22N2O3. The average molecular weight is 254 g/mol. The van der Waals surface area contributed by atoms with Crippen LogP contribution in [-0.4, -0.2) is 36.1 Å². The molecule has 2 aliphatic rings. The molecule has 0 spiro atoms. The Bertz CT molecular complexity index is 313. The highest BCUT2D eigenvalue weighted by atomic mass is 16.4. The quantitative estimate of drug-likeness (QED) is 0.691. The first kappa shape index (κ1) is 13.3. The number of carbonyl (C=O) groups excluding carboxylic acids is 1. The number of carbonyl (C=O) groups is 2. The zero-order valence-electron chi connectivity index (χ0n) is 10.7. The van der Waals surface area contributed by atoms with Crippen molar-refractivity contribution in [1.82, 2.24) is 10.6 Å². The lowest BCUT2D eigenvalue weighted by Crippen LogP contribution is -2.37. The number of piperidine rings is 1. The molecule has 3 atom stereocenters. The Hall–Kier alpha value is -1.10. The molecule has 1 aliphatic heterocycles. The molecular weight excluding hydrogens is 232 g/mol. The number of hydrogen-bond donors (Lipinski definition) is 3. The summed E-state index contributed by atoms with van der Waals surface area (Å²) in [4.78, 5) is 22.7. The fourth-order valence-electron chi connectivity index (χ4n) is 2.98. The van der Waals surface area contributed by atoms with Crippen molar-refractivity contribution in [2.75, 3.05) is 13.1 Å². The first-order valence-electron chi connectivity index (χ1n) is 6.88. The van der Waals surface area contributed by atoms with Crippen molar-refractivity contribution >= 4 is 11.9 Å². The Morgan fingerprint density at radius 2 is 2.11 bits per heavy atom. The molecule has 1 saturated carbocycles. The Morgan fingerprint density at radius 1 is 1.28 bits per heavy atom. The van der Waals surface area contributed by atoms with Crippen molar-refractivity contribution in [2.45, 2.75) is 44.6 Å². The van der Waals surface area contributed by atoms with E-state index in [-0.39, 0.29) is 17.9 Å². The first-order chi connectivity index (χ1) is 8.65. The fourth-order valence-corrected chi connectivity index (χ4v) is 2.98. The summed E-state index contributed by atoms with van der Waals surface area (Å²) < 4.78 is 0. The summed E-state index contributed by atoms with van der Waals surface area (Å²) in [5.41, 5.74) is 0. The van der Waals surface area contributed by atoms with E-state index in [1.54, 1.807) is 0 Å². The molecule has 0 aromatic heterocycles. The molecule has 1 aliphatic carbocycles. The molecule has 0 radical (unpaired) electrons. The van der Waals surface area contributed by atoms with E-state index in [0.717, 1.165) is 32.4 Å². The molecule has 5 heteroatoms. The highest BCUT2D eigenvalue weighted by Gasteiger charge is 2.30. The number of rotatable bonds is 4. The van der Waals surface area contributed by atoms with E-state index in [1.807, 2.05) is 0 Å². The molecule has 1 heterocycles. The average Bonchev–Trinajstić information content (AvgIpc) is 2.78. The van der Waals surface area contributed by atoms with Gasteiger partial charge in [0.05, 0.1) is 5.92 Å². The number of carboxylic acids is 1. The molecule has 1 amide bonds. The van der Waals surface area contributed by atoms with E-state index in [4.69, 9.17) is 5.11 Å². The molecule has 1 saturated heterocycles. The second-order valence-corrected chi connectivity index (χ2v) is 5.53. The lowest BCUT2D eigenvalue weighted by Gasteiger charge is -2.23. The molecule has 0 aromatic carbocycles. The van der Waals surface area contributed by atoms with E-state index in [0.29, 0.717) is 25.2 Å². The van der Waals surface area contributed by atoms with Gasteiger partial charge in [-0.3, -0.25) is 9.59 Å². The summed E-state index contributed by atoms with van der Waals surface area (Å²) in [5.74, 6) is -0.481. The van der Waals surface area contributed by atoms with Crippen LogP contribution in [0.1, 0.15) is 38.5 Å². The van der Waals surface area contributed by atoms with Crippen LogP contribution in [0.15, 0.2) is 0 Å². The minimum Gasteiger partial charge on any atom is -0.481 e. The lowest BCUT2D eigenvalue weighted by molar-refractivity contribution is -0.141. The van der Waals surface area contributed by atoms with Gasteiger partial charge in [0.2, 0.25) is 5.91 Å². The first-order valence-corrected chi connectivity index (χ1v) is 6.88. The van der Waals surface area contributed by atoms with Gasteiger partial charge in [-0.15, -0.1) is 0 Å². The number of nitrogens with one attached hydrogen (secondary N) is 2. The van der Waals surface area contributed by atoms with Crippen LogP contribution in [0.5, 0.6) is 0 Å². The zero-order chi connectivity index (χ0) is 13.0. The largest absolute Gasteiger partial charge is 0.481 e.